The number of carbonyl (C=O) groups excluding carboxylic acids is 1. The molecule has 2 aromatic carbocycles. The van der Waals surface area contributed by atoms with E-state index in [-0.39, 0.29) is 23.4 Å². The Balaban J connectivity index is 1.67. The lowest BCUT2D eigenvalue weighted by atomic mass is 10.0. The standard InChI is InChI=1S/C21H23BrN2O3S/c1-12(2)14-5-8-18(16(22)9-14)27-11-20(25)23-15-6-7-17-19(10-15)28-21(26)24(17)13(3)4/h5-10,12-13H,11H2,1-4H3,(H,23,25). The zero-order valence-corrected chi connectivity index (χ0v) is 18.7. The Morgan fingerprint density at radius 3 is 2.57 bits per heavy atom. The number of rotatable bonds is 6. The number of thiazole rings is 1. The molecule has 0 aliphatic rings. The first-order chi connectivity index (χ1) is 13.3. The molecule has 0 unspecified atom stereocenters. The molecule has 0 bridgehead atoms. The molecule has 0 spiro atoms. The maximum atomic E-state index is 12.3. The number of hydrogen-bond donors (Lipinski definition) is 1. The average molecular weight is 463 g/mol. The van der Waals surface area contributed by atoms with Gasteiger partial charge in [0.25, 0.3) is 5.91 Å². The van der Waals surface area contributed by atoms with Crippen LogP contribution in [0.4, 0.5) is 5.69 Å². The summed E-state index contributed by atoms with van der Waals surface area (Å²) in [6, 6.07) is 11.5. The van der Waals surface area contributed by atoms with Gasteiger partial charge in [0.2, 0.25) is 0 Å². The summed E-state index contributed by atoms with van der Waals surface area (Å²) in [5, 5.41) is 2.83. The molecular weight excluding hydrogens is 440 g/mol. The smallest absolute Gasteiger partial charge is 0.308 e. The lowest BCUT2D eigenvalue weighted by molar-refractivity contribution is -0.118. The third kappa shape index (κ3) is 4.47. The minimum absolute atomic E-state index is 0.00602. The Morgan fingerprint density at radius 1 is 1.18 bits per heavy atom. The highest BCUT2D eigenvalue weighted by Gasteiger charge is 2.12. The number of fused-ring (bicyclic) bond motifs is 1. The van der Waals surface area contributed by atoms with Gasteiger partial charge in [0.05, 0.1) is 14.7 Å². The fraction of sp³-hybridized carbons (Fsp3) is 0.333. The van der Waals surface area contributed by atoms with Gasteiger partial charge in [0, 0.05) is 11.7 Å². The van der Waals surface area contributed by atoms with Crippen LogP contribution in [0.25, 0.3) is 10.2 Å². The summed E-state index contributed by atoms with van der Waals surface area (Å²) in [5.41, 5.74) is 2.73. The number of hydrogen-bond acceptors (Lipinski definition) is 4. The average Bonchev–Trinajstić information content (AvgIpc) is 2.95. The predicted octanol–water partition coefficient (Wildman–Crippen LogP) is 5.55. The minimum Gasteiger partial charge on any atom is -0.483 e. The molecule has 28 heavy (non-hydrogen) atoms. The Bertz CT molecular complexity index is 1070. The van der Waals surface area contributed by atoms with Crippen LogP contribution in [-0.4, -0.2) is 17.1 Å². The van der Waals surface area contributed by atoms with Crippen molar-refractivity contribution < 1.29 is 9.53 Å². The molecule has 5 nitrogen and oxygen atoms in total. The van der Waals surface area contributed by atoms with E-state index < -0.39 is 0 Å². The van der Waals surface area contributed by atoms with Crippen molar-refractivity contribution in [2.24, 2.45) is 0 Å². The van der Waals surface area contributed by atoms with Gasteiger partial charge in [-0.05, 0) is 71.6 Å². The van der Waals surface area contributed by atoms with E-state index in [1.165, 1.54) is 16.9 Å². The molecular formula is C21H23BrN2O3S. The van der Waals surface area contributed by atoms with Crippen molar-refractivity contribution in [3.05, 3.63) is 56.1 Å². The van der Waals surface area contributed by atoms with Gasteiger partial charge in [-0.1, -0.05) is 31.3 Å². The number of carbonyl (C=O) groups is 1. The third-order valence-electron chi connectivity index (χ3n) is 4.39. The van der Waals surface area contributed by atoms with E-state index in [0.717, 1.165) is 14.7 Å². The van der Waals surface area contributed by atoms with Crippen molar-refractivity contribution in [2.45, 2.75) is 39.7 Å². The highest BCUT2D eigenvalue weighted by molar-refractivity contribution is 9.10. The van der Waals surface area contributed by atoms with Crippen LogP contribution in [0, 0.1) is 0 Å². The van der Waals surface area contributed by atoms with Crippen molar-refractivity contribution in [3.8, 4) is 5.75 Å². The van der Waals surface area contributed by atoms with Crippen molar-refractivity contribution in [1.29, 1.82) is 0 Å². The number of amides is 1. The molecule has 7 heteroatoms. The molecule has 1 amide bonds. The van der Waals surface area contributed by atoms with Crippen LogP contribution in [0.5, 0.6) is 5.75 Å². The first-order valence-electron chi connectivity index (χ1n) is 9.13. The zero-order chi connectivity index (χ0) is 20.4. The molecule has 0 aliphatic carbocycles. The van der Waals surface area contributed by atoms with Crippen LogP contribution >= 0.6 is 27.3 Å². The van der Waals surface area contributed by atoms with E-state index in [1.807, 2.05) is 44.2 Å². The summed E-state index contributed by atoms with van der Waals surface area (Å²) in [6.45, 7) is 8.11. The van der Waals surface area contributed by atoms with E-state index in [1.54, 1.807) is 10.6 Å². The summed E-state index contributed by atoms with van der Waals surface area (Å²) < 4.78 is 9.07. The van der Waals surface area contributed by atoms with Crippen LogP contribution in [0.1, 0.15) is 45.2 Å². The van der Waals surface area contributed by atoms with Gasteiger partial charge in [0.15, 0.2) is 6.61 Å². The molecule has 0 saturated carbocycles. The Labute approximate surface area is 176 Å². The van der Waals surface area contributed by atoms with E-state index in [4.69, 9.17) is 4.74 Å². The number of nitrogens with one attached hydrogen (secondary N) is 1. The third-order valence-corrected chi connectivity index (χ3v) is 5.93. The highest BCUT2D eigenvalue weighted by Crippen LogP contribution is 2.29. The number of benzene rings is 2. The molecule has 1 N–H and O–H groups in total. The Morgan fingerprint density at radius 2 is 1.93 bits per heavy atom. The van der Waals surface area contributed by atoms with Gasteiger partial charge in [-0.15, -0.1) is 0 Å². The molecule has 1 aromatic heterocycles. The van der Waals surface area contributed by atoms with Crippen molar-refractivity contribution >= 4 is 49.1 Å². The zero-order valence-electron chi connectivity index (χ0n) is 16.3. The number of ether oxygens (including phenoxy) is 1. The van der Waals surface area contributed by atoms with E-state index >= 15 is 0 Å². The molecule has 0 fully saturated rings. The van der Waals surface area contributed by atoms with Crippen LogP contribution in [-0.2, 0) is 4.79 Å². The molecule has 3 aromatic rings. The highest BCUT2D eigenvalue weighted by atomic mass is 79.9. The number of aromatic nitrogens is 1. The second kappa shape index (κ2) is 8.49. The number of nitrogens with zero attached hydrogens (tertiary/aromatic N) is 1. The summed E-state index contributed by atoms with van der Waals surface area (Å²) in [6.07, 6.45) is 0. The van der Waals surface area contributed by atoms with Crippen LogP contribution in [0.2, 0.25) is 0 Å². The van der Waals surface area contributed by atoms with E-state index in [0.29, 0.717) is 17.4 Å². The van der Waals surface area contributed by atoms with Gasteiger partial charge in [0.1, 0.15) is 5.75 Å². The summed E-state index contributed by atoms with van der Waals surface area (Å²) >= 11 is 4.68. The predicted molar refractivity (Wildman–Crippen MR) is 119 cm³/mol. The van der Waals surface area contributed by atoms with Crippen molar-refractivity contribution in [1.82, 2.24) is 4.57 Å². The second-order valence-corrected chi connectivity index (χ2v) is 9.04. The Kier molecular flexibility index (Phi) is 6.25. The van der Waals surface area contributed by atoms with Crippen molar-refractivity contribution in [3.63, 3.8) is 0 Å². The summed E-state index contributed by atoms with van der Waals surface area (Å²) in [4.78, 5) is 24.4. The van der Waals surface area contributed by atoms with Gasteiger partial charge >= 0.3 is 4.87 Å². The van der Waals surface area contributed by atoms with Gasteiger partial charge in [-0.3, -0.25) is 14.2 Å². The Hall–Kier alpha value is -2.12. The minimum atomic E-state index is -0.255. The molecule has 3 rings (SSSR count). The quantitative estimate of drug-likeness (QED) is 0.522. The molecule has 0 atom stereocenters. The first-order valence-corrected chi connectivity index (χ1v) is 10.7. The van der Waals surface area contributed by atoms with Gasteiger partial charge in [-0.25, -0.2) is 0 Å². The second-order valence-electron chi connectivity index (χ2n) is 7.20. The molecule has 148 valence electrons. The lowest BCUT2D eigenvalue weighted by Gasteiger charge is -2.12. The van der Waals surface area contributed by atoms with Crippen molar-refractivity contribution in [2.75, 3.05) is 11.9 Å². The first kappa shape index (κ1) is 20.6. The molecule has 1 heterocycles. The lowest BCUT2D eigenvalue weighted by Crippen LogP contribution is -2.20. The maximum Gasteiger partial charge on any atom is 0.308 e. The largest absolute Gasteiger partial charge is 0.483 e. The fourth-order valence-electron chi connectivity index (χ4n) is 2.94. The van der Waals surface area contributed by atoms with Crippen LogP contribution in [0.3, 0.4) is 0 Å². The topological polar surface area (TPSA) is 60.3 Å². The number of anilines is 1. The van der Waals surface area contributed by atoms with E-state index in [9.17, 15) is 9.59 Å². The molecule has 0 radical (unpaired) electrons. The summed E-state index contributed by atoms with van der Waals surface area (Å²) in [5.74, 6) is 0.793. The van der Waals surface area contributed by atoms with E-state index in [2.05, 4.69) is 35.1 Å². The normalized spacial score (nSPS) is 11.4. The van der Waals surface area contributed by atoms with Crippen LogP contribution in [0.15, 0.2) is 45.7 Å². The monoisotopic (exact) mass is 462 g/mol. The SMILES string of the molecule is CC(C)c1ccc(OCC(=O)Nc2ccc3c(c2)sc(=O)n3C(C)C)c(Br)c1. The molecule has 0 aliphatic heterocycles. The number of halogens is 1. The summed E-state index contributed by atoms with van der Waals surface area (Å²) in [7, 11) is 0. The fourth-order valence-corrected chi connectivity index (χ4v) is 4.50. The van der Waals surface area contributed by atoms with Gasteiger partial charge < -0.3 is 10.1 Å². The molecule has 0 saturated heterocycles. The van der Waals surface area contributed by atoms with Gasteiger partial charge in [-0.2, -0.15) is 0 Å². The van der Waals surface area contributed by atoms with Crippen LogP contribution < -0.4 is 14.9 Å². The maximum absolute atomic E-state index is 12.3.